The first-order chi connectivity index (χ1) is 6.81. The molecule has 86 valence electrons. The zero-order chi connectivity index (χ0) is 11.7. The van der Waals surface area contributed by atoms with Crippen LogP contribution in [0.2, 0.25) is 0 Å². The van der Waals surface area contributed by atoms with Gasteiger partial charge in [0.15, 0.2) is 5.54 Å². The molecule has 1 heterocycles. The molecule has 0 bridgehead atoms. The fraction of sp³-hybridized carbons (Fsp3) is 0.600. The van der Waals surface area contributed by atoms with E-state index in [1.807, 2.05) is 0 Å². The summed E-state index contributed by atoms with van der Waals surface area (Å²) in [5, 5.41) is 2.41. The monoisotopic (exact) mass is 221 g/mol. The van der Waals surface area contributed by atoms with E-state index in [4.69, 9.17) is 4.42 Å². The summed E-state index contributed by atoms with van der Waals surface area (Å²) in [5.41, 5.74) is -2.12. The van der Waals surface area contributed by atoms with Crippen molar-refractivity contribution in [3.63, 3.8) is 0 Å². The molecule has 0 aliphatic rings. The van der Waals surface area contributed by atoms with Crippen molar-refractivity contribution in [3.8, 4) is 0 Å². The minimum Gasteiger partial charge on any atom is -0.464 e. The topological polar surface area (TPSA) is 25.2 Å². The van der Waals surface area contributed by atoms with Gasteiger partial charge in [-0.05, 0) is 32.5 Å². The van der Waals surface area contributed by atoms with Crippen LogP contribution in [0, 0.1) is 6.92 Å². The lowest BCUT2D eigenvalue weighted by Crippen LogP contribution is -2.51. The Labute approximate surface area is 86.5 Å². The highest BCUT2D eigenvalue weighted by molar-refractivity contribution is 5.17. The number of furan rings is 1. The Balaban J connectivity index is 3.12. The van der Waals surface area contributed by atoms with E-state index in [1.165, 1.54) is 12.1 Å². The van der Waals surface area contributed by atoms with Crippen LogP contribution in [0.3, 0.4) is 0 Å². The molecule has 0 aliphatic carbocycles. The van der Waals surface area contributed by atoms with E-state index >= 15 is 0 Å². The Bertz CT molecular complexity index is 332. The minimum absolute atomic E-state index is 0.102. The van der Waals surface area contributed by atoms with Crippen molar-refractivity contribution in [1.82, 2.24) is 5.32 Å². The molecule has 5 heteroatoms. The van der Waals surface area contributed by atoms with Crippen LogP contribution in [-0.4, -0.2) is 12.7 Å². The van der Waals surface area contributed by atoms with Crippen molar-refractivity contribution >= 4 is 0 Å². The van der Waals surface area contributed by atoms with Gasteiger partial charge in [0.1, 0.15) is 11.5 Å². The third-order valence-corrected chi connectivity index (χ3v) is 2.33. The number of rotatable bonds is 3. The summed E-state index contributed by atoms with van der Waals surface area (Å²) in [6.07, 6.45) is -4.38. The van der Waals surface area contributed by atoms with Gasteiger partial charge in [-0.15, -0.1) is 0 Å². The SMILES string of the molecule is CCNC(C)(c1ccc(C)o1)C(F)(F)F. The second-order valence-corrected chi connectivity index (χ2v) is 3.56. The molecule has 0 fully saturated rings. The van der Waals surface area contributed by atoms with Gasteiger partial charge in [-0.3, -0.25) is 5.32 Å². The highest BCUT2D eigenvalue weighted by atomic mass is 19.4. The molecule has 1 aromatic heterocycles. The maximum atomic E-state index is 12.9. The van der Waals surface area contributed by atoms with Crippen molar-refractivity contribution in [2.45, 2.75) is 32.5 Å². The summed E-state index contributed by atoms with van der Waals surface area (Å²) in [6.45, 7) is 4.54. The van der Waals surface area contributed by atoms with Crippen molar-refractivity contribution < 1.29 is 17.6 Å². The number of halogens is 3. The summed E-state index contributed by atoms with van der Waals surface area (Å²) in [4.78, 5) is 0. The fourth-order valence-electron chi connectivity index (χ4n) is 1.38. The van der Waals surface area contributed by atoms with Crippen LogP contribution in [0.5, 0.6) is 0 Å². The predicted octanol–water partition coefficient (Wildman–Crippen LogP) is 2.98. The van der Waals surface area contributed by atoms with Crippen LogP contribution in [0.15, 0.2) is 16.5 Å². The molecule has 1 N–H and O–H groups in total. The zero-order valence-corrected chi connectivity index (χ0v) is 8.90. The minimum atomic E-state index is -4.38. The van der Waals surface area contributed by atoms with Crippen LogP contribution < -0.4 is 5.32 Å². The molecule has 0 spiro atoms. The van der Waals surface area contributed by atoms with Gasteiger partial charge in [0, 0.05) is 0 Å². The van der Waals surface area contributed by atoms with Gasteiger partial charge in [-0.1, -0.05) is 6.92 Å². The van der Waals surface area contributed by atoms with Crippen LogP contribution in [0.25, 0.3) is 0 Å². The van der Waals surface area contributed by atoms with Crippen molar-refractivity contribution in [3.05, 3.63) is 23.7 Å². The normalized spacial score (nSPS) is 16.4. The number of hydrogen-bond donors (Lipinski definition) is 1. The van der Waals surface area contributed by atoms with Crippen LogP contribution >= 0.6 is 0 Å². The maximum Gasteiger partial charge on any atom is 0.413 e. The third-order valence-electron chi connectivity index (χ3n) is 2.33. The first-order valence-corrected chi connectivity index (χ1v) is 4.70. The molecule has 1 rings (SSSR count). The first-order valence-electron chi connectivity index (χ1n) is 4.70. The van der Waals surface area contributed by atoms with Gasteiger partial charge in [0.05, 0.1) is 0 Å². The Morgan fingerprint density at radius 1 is 1.33 bits per heavy atom. The molecule has 0 radical (unpaired) electrons. The van der Waals surface area contributed by atoms with Crippen LogP contribution in [0.1, 0.15) is 25.4 Å². The van der Waals surface area contributed by atoms with Gasteiger partial charge < -0.3 is 4.42 Å². The van der Waals surface area contributed by atoms with Crippen molar-refractivity contribution in [2.24, 2.45) is 0 Å². The summed E-state index contributed by atoms with van der Waals surface area (Å²) in [5.74, 6) is 0.368. The Hall–Kier alpha value is -0.970. The first kappa shape index (κ1) is 12.1. The van der Waals surface area contributed by atoms with E-state index in [-0.39, 0.29) is 12.3 Å². The molecule has 1 atom stereocenters. The largest absolute Gasteiger partial charge is 0.464 e. The number of aryl methyl sites for hydroxylation is 1. The van der Waals surface area contributed by atoms with E-state index in [0.29, 0.717) is 5.76 Å². The highest BCUT2D eigenvalue weighted by Crippen LogP contribution is 2.39. The molecule has 0 aliphatic heterocycles. The molecular weight excluding hydrogens is 207 g/mol. The van der Waals surface area contributed by atoms with Crippen molar-refractivity contribution in [1.29, 1.82) is 0 Å². The number of hydrogen-bond acceptors (Lipinski definition) is 2. The Kier molecular flexibility index (Phi) is 3.13. The fourth-order valence-corrected chi connectivity index (χ4v) is 1.38. The molecular formula is C10H14F3NO. The second-order valence-electron chi connectivity index (χ2n) is 3.56. The van der Waals surface area contributed by atoms with Gasteiger partial charge in [-0.2, -0.15) is 13.2 Å². The molecule has 15 heavy (non-hydrogen) atoms. The summed E-state index contributed by atoms with van der Waals surface area (Å²) >= 11 is 0. The maximum absolute atomic E-state index is 12.9. The summed E-state index contributed by atoms with van der Waals surface area (Å²) < 4.78 is 43.6. The summed E-state index contributed by atoms with van der Waals surface area (Å²) in [7, 11) is 0. The molecule has 1 unspecified atom stereocenters. The average Bonchev–Trinajstić information content (AvgIpc) is 2.50. The third kappa shape index (κ3) is 2.17. The number of alkyl halides is 3. The van der Waals surface area contributed by atoms with Gasteiger partial charge in [0.25, 0.3) is 0 Å². The van der Waals surface area contributed by atoms with E-state index < -0.39 is 11.7 Å². The van der Waals surface area contributed by atoms with Crippen molar-refractivity contribution in [2.75, 3.05) is 6.54 Å². The molecule has 0 amide bonds. The zero-order valence-electron chi connectivity index (χ0n) is 8.90. The second kappa shape index (κ2) is 3.89. The number of nitrogens with one attached hydrogen (secondary N) is 1. The highest BCUT2D eigenvalue weighted by Gasteiger charge is 2.54. The Morgan fingerprint density at radius 3 is 2.27 bits per heavy atom. The molecule has 0 saturated heterocycles. The van der Waals surface area contributed by atoms with Gasteiger partial charge in [0.2, 0.25) is 0 Å². The smallest absolute Gasteiger partial charge is 0.413 e. The molecule has 0 aromatic carbocycles. The lowest BCUT2D eigenvalue weighted by molar-refractivity contribution is -0.200. The van der Waals surface area contributed by atoms with Gasteiger partial charge in [-0.25, -0.2) is 0 Å². The van der Waals surface area contributed by atoms with E-state index in [1.54, 1.807) is 13.8 Å². The van der Waals surface area contributed by atoms with E-state index in [0.717, 1.165) is 6.92 Å². The van der Waals surface area contributed by atoms with Crippen LogP contribution in [-0.2, 0) is 5.54 Å². The average molecular weight is 221 g/mol. The lowest BCUT2D eigenvalue weighted by Gasteiger charge is -2.30. The molecule has 1 aromatic rings. The lowest BCUT2D eigenvalue weighted by atomic mass is 9.98. The van der Waals surface area contributed by atoms with Gasteiger partial charge >= 0.3 is 6.18 Å². The molecule has 0 saturated carbocycles. The van der Waals surface area contributed by atoms with E-state index in [9.17, 15) is 13.2 Å². The molecule has 2 nitrogen and oxygen atoms in total. The Morgan fingerprint density at radius 2 is 1.93 bits per heavy atom. The quantitative estimate of drug-likeness (QED) is 0.848. The standard InChI is InChI=1S/C10H14F3NO/c1-4-14-9(3,10(11,12)13)8-6-5-7(2)15-8/h5-6,14H,4H2,1-3H3. The van der Waals surface area contributed by atoms with Crippen LogP contribution in [0.4, 0.5) is 13.2 Å². The summed E-state index contributed by atoms with van der Waals surface area (Å²) in [6, 6.07) is 2.88. The predicted molar refractivity (Wildman–Crippen MR) is 50.5 cm³/mol. The van der Waals surface area contributed by atoms with E-state index in [2.05, 4.69) is 5.32 Å².